The molecule has 0 radical (unpaired) electrons. The number of aryl methyl sites for hydroxylation is 1. The van der Waals surface area contributed by atoms with Crippen LogP contribution in [0.1, 0.15) is 35.3 Å². The van der Waals surface area contributed by atoms with Crippen LogP contribution >= 0.6 is 0 Å². The monoisotopic (exact) mass is 257 g/mol. The molecule has 0 saturated carbocycles. The standard InChI is InChI=1S/C16H16FNO/c1-10-6-7-13(17)12(8-10)16-9-14(18)11-4-2-3-5-15(11)19-16/h2-8,14,16H,9,18H2,1H3. The van der Waals surface area contributed by atoms with E-state index in [2.05, 4.69) is 0 Å². The summed E-state index contributed by atoms with van der Waals surface area (Å²) in [4.78, 5) is 0. The predicted molar refractivity (Wildman–Crippen MR) is 72.5 cm³/mol. The van der Waals surface area contributed by atoms with Crippen LogP contribution < -0.4 is 10.5 Å². The molecule has 2 unspecified atom stereocenters. The summed E-state index contributed by atoms with van der Waals surface area (Å²) in [6, 6.07) is 12.7. The van der Waals surface area contributed by atoms with E-state index >= 15 is 0 Å². The molecule has 0 aliphatic carbocycles. The van der Waals surface area contributed by atoms with Crippen LogP contribution in [0.25, 0.3) is 0 Å². The lowest BCUT2D eigenvalue weighted by Gasteiger charge is -2.30. The lowest BCUT2D eigenvalue weighted by Crippen LogP contribution is -2.24. The zero-order chi connectivity index (χ0) is 13.4. The van der Waals surface area contributed by atoms with E-state index in [1.165, 1.54) is 6.07 Å². The summed E-state index contributed by atoms with van der Waals surface area (Å²) >= 11 is 0. The molecule has 1 aliphatic heterocycles. The number of hydrogen-bond donors (Lipinski definition) is 1. The van der Waals surface area contributed by atoms with Crippen molar-refractivity contribution in [3.05, 3.63) is 65.0 Å². The summed E-state index contributed by atoms with van der Waals surface area (Å²) in [6.45, 7) is 1.94. The van der Waals surface area contributed by atoms with Gasteiger partial charge >= 0.3 is 0 Å². The molecule has 0 spiro atoms. The SMILES string of the molecule is Cc1ccc(F)c(C2CC(N)c3ccccc3O2)c1. The number of benzene rings is 2. The van der Waals surface area contributed by atoms with Crippen LogP contribution in [-0.2, 0) is 0 Å². The largest absolute Gasteiger partial charge is 0.485 e. The van der Waals surface area contributed by atoms with E-state index in [1.54, 1.807) is 6.07 Å². The maximum absolute atomic E-state index is 13.9. The first-order chi connectivity index (χ1) is 9.15. The molecule has 2 atom stereocenters. The number of para-hydroxylation sites is 1. The van der Waals surface area contributed by atoms with Crippen molar-refractivity contribution < 1.29 is 9.13 Å². The van der Waals surface area contributed by atoms with Crippen molar-refractivity contribution in [2.45, 2.75) is 25.5 Å². The van der Waals surface area contributed by atoms with Gasteiger partial charge in [-0.3, -0.25) is 0 Å². The Morgan fingerprint density at radius 3 is 2.79 bits per heavy atom. The van der Waals surface area contributed by atoms with E-state index < -0.39 is 0 Å². The highest BCUT2D eigenvalue weighted by Crippen LogP contribution is 2.40. The Labute approximate surface area is 112 Å². The smallest absolute Gasteiger partial charge is 0.130 e. The molecule has 2 nitrogen and oxygen atoms in total. The van der Waals surface area contributed by atoms with Crippen molar-refractivity contribution >= 4 is 0 Å². The fraction of sp³-hybridized carbons (Fsp3) is 0.250. The third-order valence-electron chi connectivity index (χ3n) is 3.55. The van der Waals surface area contributed by atoms with E-state index in [9.17, 15) is 4.39 Å². The Morgan fingerprint density at radius 2 is 1.95 bits per heavy atom. The van der Waals surface area contributed by atoms with Gasteiger partial charge in [0, 0.05) is 23.6 Å². The van der Waals surface area contributed by atoms with Crippen molar-refractivity contribution in [2.24, 2.45) is 5.73 Å². The number of fused-ring (bicyclic) bond motifs is 1. The number of nitrogens with two attached hydrogens (primary N) is 1. The highest BCUT2D eigenvalue weighted by Gasteiger charge is 2.28. The van der Waals surface area contributed by atoms with Crippen LogP contribution in [0.3, 0.4) is 0 Å². The Kier molecular flexibility index (Phi) is 2.99. The molecule has 1 aliphatic rings. The second-order valence-corrected chi connectivity index (χ2v) is 5.01. The zero-order valence-electron chi connectivity index (χ0n) is 10.8. The fourth-order valence-electron chi connectivity index (χ4n) is 2.55. The molecular formula is C16H16FNO. The average Bonchev–Trinajstić information content (AvgIpc) is 2.41. The van der Waals surface area contributed by atoms with Gasteiger partial charge in [0.25, 0.3) is 0 Å². The van der Waals surface area contributed by atoms with E-state index in [4.69, 9.17) is 10.5 Å². The minimum Gasteiger partial charge on any atom is -0.485 e. The molecule has 0 saturated heterocycles. The Balaban J connectivity index is 1.99. The van der Waals surface area contributed by atoms with Crippen molar-refractivity contribution in [3.8, 4) is 5.75 Å². The predicted octanol–water partition coefficient (Wildman–Crippen LogP) is 3.66. The number of rotatable bonds is 1. The van der Waals surface area contributed by atoms with E-state index in [0.717, 1.165) is 16.9 Å². The van der Waals surface area contributed by atoms with E-state index in [0.29, 0.717) is 12.0 Å². The van der Waals surface area contributed by atoms with Gasteiger partial charge < -0.3 is 10.5 Å². The second-order valence-electron chi connectivity index (χ2n) is 5.01. The molecule has 2 N–H and O–H groups in total. The Hall–Kier alpha value is -1.87. The third kappa shape index (κ3) is 2.22. The maximum Gasteiger partial charge on any atom is 0.130 e. The van der Waals surface area contributed by atoms with Crippen LogP contribution in [0.15, 0.2) is 42.5 Å². The van der Waals surface area contributed by atoms with Gasteiger partial charge in [0.2, 0.25) is 0 Å². The molecule has 98 valence electrons. The molecule has 19 heavy (non-hydrogen) atoms. The Morgan fingerprint density at radius 1 is 1.16 bits per heavy atom. The van der Waals surface area contributed by atoms with Crippen LogP contribution in [0.2, 0.25) is 0 Å². The summed E-state index contributed by atoms with van der Waals surface area (Å²) in [5.41, 5.74) is 8.76. The minimum atomic E-state index is -0.315. The molecule has 0 aromatic heterocycles. The van der Waals surface area contributed by atoms with Crippen molar-refractivity contribution in [3.63, 3.8) is 0 Å². The Bertz CT molecular complexity index is 611. The zero-order valence-corrected chi connectivity index (χ0v) is 10.8. The number of ether oxygens (including phenoxy) is 1. The highest BCUT2D eigenvalue weighted by molar-refractivity contribution is 5.39. The van der Waals surface area contributed by atoms with Gasteiger partial charge in [-0.15, -0.1) is 0 Å². The van der Waals surface area contributed by atoms with Crippen LogP contribution in [0.5, 0.6) is 5.75 Å². The molecule has 1 heterocycles. The molecule has 2 aromatic rings. The van der Waals surface area contributed by atoms with Gasteiger partial charge in [-0.25, -0.2) is 4.39 Å². The van der Waals surface area contributed by atoms with Crippen molar-refractivity contribution in [1.82, 2.24) is 0 Å². The van der Waals surface area contributed by atoms with Gasteiger partial charge in [0.1, 0.15) is 17.7 Å². The van der Waals surface area contributed by atoms with Crippen molar-refractivity contribution in [2.75, 3.05) is 0 Å². The fourth-order valence-corrected chi connectivity index (χ4v) is 2.55. The summed E-state index contributed by atoms with van der Waals surface area (Å²) in [5, 5.41) is 0. The summed E-state index contributed by atoms with van der Waals surface area (Å²) < 4.78 is 19.8. The molecule has 3 rings (SSSR count). The summed E-state index contributed by atoms with van der Waals surface area (Å²) in [5.74, 6) is 0.523. The lowest BCUT2D eigenvalue weighted by atomic mass is 9.93. The lowest BCUT2D eigenvalue weighted by molar-refractivity contribution is 0.157. The average molecular weight is 257 g/mol. The first kappa shape index (κ1) is 12.2. The van der Waals surface area contributed by atoms with Gasteiger partial charge in [0.05, 0.1) is 0 Å². The van der Waals surface area contributed by atoms with E-state index in [-0.39, 0.29) is 18.0 Å². The van der Waals surface area contributed by atoms with Gasteiger partial charge in [0.15, 0.2) is 0 Å². The molecule has 0 bridgehead atoms. The van der Waals surface area contributed by atoms with E-state index in [1.807, 2.05) is 37.3 Å². The van der Waals surface area contributed by atoms with Gasteiger partial charge in [-0.1, -0.05) is 29.8 Å². The maximum atomic E-state index is 13.9. The van der Waals surface area contributed by atoms with Crippen LogP contribution in [-0.4, -0.2) is 0 Å². The van der Waals surface area contributed by atoms with Crippen molar-refractivity contribution in [1.29, 1.82) is 0 Å². The minimum absolute atomic E-state index is 0.116. The number of hydrogen-bond acceptors (Lipinski definition) is 2. The molecular weight excluding hydrogens is 241 g/mol. The van der Waals surface area contributed by atoms with Crippen LogP contribution in [0, 0.1) is 12.7 Å². The number of halogens is 1. The third-order valence-corrected chi connectivity index (χ3v) is 3.55. The molecule has 3 heteroatoms. The topological polar surface area (TPSA) is 35.2 Å². The molecule has 2 aromatic carbocycles. The normalized spacial score (nSPS) is 21.6. The summed E-state index contributed by atoms with van der Waals surface area (Å²) in [6.07, 6.45) is 0.280. The van der Waals surface area contributed by atoms with Gasteiger partial charge in [-0.2, -0.15) is 0 Å². The van der Waals surface area contributed by atoms with Gasteiger partial charge in [-0.05, 0) is 25.1 Å². The molecule has 0 amide bonds. The highest BCUT2D eigenvalue weighted by atomic mass is 19.1. The van der Waals surface area contributed by atoms with Crippen LogP contribution in [0.4, 0.5) is 4.39 Å². The second kappa shape index (κ2) is 4.67. The first-order valence-electron chi connectivity index (χ1n) is 6.42. The molecule has 0 fully saturated rings. The quantitative estimate of drug-likeness (QED) is 0.846. The summed E-state index contributed by atoms with van der Waals surface area (Å²) in [7, 11) is 0. The first-order valence-corrected chi connectivity index (χ1v) is 6.42.